The fourth-order valence-electron chi connectivity index (χ4n) is 3.38. The lowest BCUT2D eigenvalue weighted by molar-refractivity contribution is -0.121. The zero-order chi connectivity index (χ0) is 19.2. The second-order valence-electron chi connectivity index (χ2n) is 6.90. The average molecular weight is 365 g/mol. The van der Waals surface area contributed by atoms with Crippen LogP contribution in [0.2, 0.25) is 0 Å². The minimum Gasteiger partial charge on any atom is -0.478 e. The summed E-state index contributed by atoms with van der Waals surface area (Å²) in [4.78, 5) is 35.4. The van der Waals surface area contributed by atoms with Crippen molar-refractivity contribution in [2.24, 2.45) is 0 Å². The van der Waals surface area contributed by atoms with Gasteiger partial charge in [0.2, 0.25) is 5.91 Å². The summed E-state index contributed by atoms with van der Waals surface area (Å²) >= 11 is 0. The van der Waals surface area contributed by atoms with Crippen molar-refractivity contribution in [1.29, 1.82) is 0 Å². The lowest BCUT2D eigenvalue weighted by Gasteiger charge is -2.16. The fourth-order valence-corrected chi connectivity index (χ4v) is 3.38. The lowest BCUT2D eigenvalue weighted by atomic mass is 9.89. The van der Waals surface area contributed by atoms with Gasteiger partial charge in [-0.25, -0.2) is 4.79 Å². The number of hydrogen-bond acceptors (Lipinski definition) is 3. The van der Waals surface area contributed by atoms with E-state index in [1.54, 1.807) is 12.1 Å². The number of rotatable bonds is 7. The predicted octanol–water partition coefficient (Wildman–Crippen LogP) is 3.54. The van der Waals surface area contributed by atoms with Crippen LogP contribution in [0.5, 0.6) is 0 Å². The maximum absolute atomic E-state index is 12.4. The molecule has 2 aromatic rings. The lowest BCUT2D eigenvalue weighted by Crippen LogP contribution is -2.23. The normalized spacial score (nSPS) is 12.9. The molecule has 0 atom stereocenters. The molecule has 0 spiro atoms. The molecule has 1 aliphatic carbocycles. The first kappa shape index (κ1) is 18.8. The highest BCUT2D eigenvalue weighted by atomic mass is 16.4. The minimum atomic E-state index is -1.00. The van der Waals surface area contributed by atoms with Crippen molar-refractivity contribution >= 4 is 17.7 Å². The van der Waals surface area contributed by atoms with Crippen LogP contribution in [0, 0.1) is 0 Å². The molecular formula is C22H23NO4. The van der Waals surface area contributed by atoms with E-state index in [9.17, 15) is 14.4 Å². The summed E-state index contributed by atoms with van der Waals surface area (Å²) in [6, 6.07) is 12.3. The Bertz CT molecular complexity index is 872. The van der Waals surface area contributed by atoms with E-state index in [1.165, 1.54) is 29.7 Å². The monoisotopic (exact) mass is 365 g/mol. The van der Waals surface area contributed by atoms with Crippen LogP contribution in [0.4, 0.5) is 0 Å². The number of aryl methyl sites for hydroxylation is 2. The molecule has 5 nitrogen and oxygen atoms in total. The number of nitrogens with one attached hydrogen (secondary N) is 1. The number of amides is 1. The molecule has 1 amide bonds. The first-order valence-corrected chi connectivity index (χ1v) is 9.27. The van der Waals surface area contributed by atoms with Gasteiger partial charge in [-0.1, -0.05) is 24.3 Å². The third-order valence-corrected chi connectivity index (χ3v) is 4.91. The standard InChI is InChI=1S/C22H23NO4/c24-20(18-9-8-16-5-1-2-6-17(16)13-18)10-11-21(25)23-14-15-4-3-7-19(12-15)22(26)27/h3-4,7-9,12-13H,1-2,5-6,10-11,14H2,(H,23,25)(H,26,27). The molecule has 0 aliphatic heterocycles. The Labute approximate surface area is 158 Å². The van der Waals surface area contributed by atoms with E-state index < -0.39 is 5.97 Å². The molecule has 27 heavy (non-hydrogen) atoms. The first-order chi connectivity index (χ1) is 13.0. The third kappa shape index (κ3) is 5.03. The molecule has 5 heteroatoms. The van der Waals surface area contributed by atoms with Gasteiger partial charge in [0.05, 0.1) is 5.56 Å². The highest BCUT2D eigenvalue weighted by Gasteiger charge is 2.14. The smallest absolute Gasteiger partial charge is 0.335 e. The van der Waals surface area contributed by atoms with Crippen molar-refractivity contribution in [3.05, 3.63) is 70.3 Å². The van der Waals surface area contributed by atoms with Gasteiger partial charge in [-0.05, 0) is 60.6 Å². The van der Waals surface area contributed by atoms with Crippen molar-refractivity contribution in [3.8, 4) is 0 Å². The van der Waals surface area contributed by atoms with Gasteiger partial charge in [-0.3, -0.25) is 9.59 Å². The Kier molecular flexibility index (Phi) is 6.01. The number of carbonyl (C=O) groups is 3. The second kappa shape index (κ2) is 8.62. The summed E-state index contributed by atoms with van der Waals surface area (Å²) in [5.74, 6) is -1.24. The molecule has 2 N–H and O–H groups in total. The Hall–Kier alpha value is -2.95. The molecule has 2 aromatic carbocycles. The number of aromatic carboxylic acids is 1. The topological polar surface area (TPSA) is 83.5 Å². The Morgan fingerprint density at radius 1 is 0.889 bits per heavy atom. The Morgan fingerprint density at radius 3 is 2.44 bits per heavy atom. The molecule has 1 aliphatic rings. The first-order valence-electron chi connectivity index (χ1n) is 9.27. The third-order valence-electron chi connectivity index (χ3n) is 4.91. The molecule has 0 unspecified atom stereocenters. The number of carboxylic acids is 1. The highest BCUT2D eigenvalue weighted by Crippen LogP contribution is 2.23. The van der Waals surface area contributed by atoms with Crippen molar-refractivity contribution in [2.45, 2.75) is 45.1 Å². The molecule has 0 fully saturated rings. The molecule has 0 heterocycles. The van der Waals surface area contributed by atoms with E-state index in [0.717, 1.165) is 19.3 Å². The highest BCUT2D eigenvalue weighted by molar-refractivity contribution is 5.98. The zero-order valence-corrected chi connectivity index (χ0v) is 15.2. The van der Waals surface area contributed by atoms with E-state index in [4.69, 9.17) is 5.11 Å². The minimum absolute atomic E-state index is 0.0219. The summed E-state index contributed by atoms with van der Waals surface area (Å²) in [6.45, 7) is 0.243. The summed E-state index contributed by atoms with van der Waals surface area (Å²) < 4.78 is 0. The second-order valence-corrected chi connectivity index (χ2v) is 6.90. The number of ketones is 1. The Balaban J connectivity index is 1.49. The van der Waals surface area contributed by atoms with Gasteiger partial charge >= 0.3 is 5.97 Å². The Morgan fingerprint density at radius 2 is 1.67 bits per heavy atom. The molecule has 3 rings (SSSR count). The van der Waals surface area contributed by atoms with E-state index >= 15 is 0 Å². The van der Waals surface area contributed by atoms with Crippen LogP contribution >= 0.6 is 0 Å². The van der Waals surface area contributed by atoms with Crippen LogP contribution in [0.25, 0.3) is 0 Å². The van der Waals surface area contributed by atoms with Crippen LogP contribution in [0.3, 0.4) is 0 Å². The van der Waals surface area contributed by atoms with Crippen LogP contribution < -0.4 is 5.32 Å². The number of hydrogen-bond donors (Lipinski definition) is 2. The molecule has 0 saturated heterocycles. The largest absolute Gasteiger partial charge is 0.478 e. The van der Waals surface area contributed by atoms with Crippen LogP contribution in [0.1, 0.15) is 63.1 Å². The molecule has 0 aromatic heterocycles. The molecule has 140 valence electrons. The van der Waals surface area contributed by atoms with Crippen molar-refractivity contribution in [1.82, 2.24) is 5.32 Å². The molecule has 0 saturated carbocycles. The number of fused-ring (bicyclic) bond motifs is 1. The predicted molar refractivity (Wildman–Crippen MR) is 102 cm³/mol. The van der Waals surface area contributed by atoms with Gasteiger partial charge in [0, 0.05) is 24.9 Å². The maximum Gasteiger partial charge on any atom is 0.335 e. The summed E-state index contributed by atoms with van der Waals surface area (Å²) in [7, 11) is 0. The van der Waals surface area contributed by atoms with Crippen molar-refractivity contribution in [2.75, 3.05) is 0 Å². The van der Waals surface area contributed by atoms with Gasteiger partial charge in [0.25, 0.3) is 0 Å². The van der Waals surface area contributed by atoms with Gasteiger partial charge in [0.15, 0.2) is 5.78 Å². The maximum atomic E-state index is 12.4. The SMILES string of the molecule is O=C(CCC(=O)c1ccc2c(c1)CCCC2)NCc1cccc(C(=O)O)c1. The van der Waals surface area contributed by atoms with Crippen LogP contribution in [0.15, 0.2) is 42.5 Å². The van der Waals surface area contributed by atoms with E-state index in [2.05, 4.69) is 5.32 Å². The molecule has 0 radical (unpaired) electrons. The van der Waals surface area contributed by atoms with Gasteiger partial charge in [-0.2, -0.15) is 0 Å². The zero-order valence-electron chi connectivity index (χ0n) is 15.2. The van der Waals surface area contributed by atoms with Crippen molar-refractivity contribution in [3.63, 3.8) is 0 Å². The van der Waals surface area contributed by atoms with Crippen LogP contribution in [-0.4, -0.2) is 22.8 Å². The van der Waals surface area contributed by atoms with Gasteiger partial charge in [0.1, 0.15) is 0 Å². The fraction of sp³-hybridized carbons (Fsp3) is 0.318. The van der Waals surface area contributed by atoms with E-state index in [-0.39, 0.29) is 36.6 Å². The average Bonchev–Trinajstić information content (AvgIpc) is 2.70. The van der Waals surface area contributed by atoms with Crippen LogP contribution in [-0.2, 0) is 24.2 Å². The quantitative estimate of drug-likeness (QED) is 0.735. The number of carbonyl (C=O) groups excluding carboxylic acids is 2. The molecular weight excluding hydrogens is 342 g/mol. The van der Waals surface area contributed by atoms with Crippen molar-refractivity contribution < 1.29 is 19.5 Å². The van der Waals surface area contributed by atoms with Gasteiger partial charge < -0.3 is 10.4 Å². The number of Topliss-reactive ketones (excluding diaryl/α,β-unsaturated/α-hetero) is 1. The summed E-state index contributed by atoms with van der Waals surface area (Å²) in [6.07, 6.45) is 4.75. The number of carboxylic acid groups (broad SMARTS) is 1. The summed E-state index contributed by atoms with van der Waals surface area (Å²) in [5, 5.41) is 11.7. The van der Waals surface area contributed by atoms with Gasteiger partial charge in [-0.15, -0.1) is 0 Å². The molecule has 0 bridgehead atoms. The van der Waals surface area contributed by atoms with E-state index in [0.29, 0.717) is 11.1 Å². The number of benzene rings is 2. The van der Waals surface area contributed by atoms with E-state index in [1.807, 2.05) is 18.2 Å². The summed E-state index contributed by atoms with van der Waals surface area (Å²) in [5.41, 5.74) is 4.17.